The summed E-state index contributed by atoms with van der Waals surface area (Å²) in [5.74, 6) is 0.833. The molecular formula is C21H22N4O2. The van der Waals surface area contributed by atoms with Crippen molar-refractivity contribution in [1.29, 1.82) is 0 Å². The molecule has 0 aliphatic rings. The summed E-state index contributed by atoms with van der Waals surface area (Å²) in [6, 6.07) is 14.8. The fourth-order valence-corrected chi connectivity index (χ4v) is 2.49. The van der Waals surface area contributed by atoms with Crippen molar-refractivity contribution in [2.45, 2.75) is 20.8 Å². The van der Waals surface area contributed by atoms with Gasteiger partial charge in [0, 0.05) is 17.6 Å². The maximum Gasteiger partial charge on any atom is 0.274 e. The summed E-state index contributed by atoms with van der Waals surface area (Å²) >= 11 is 0. The van der Waals surface area contributed by atoms with E-state index in [9.17, 15) is 4.79 Å². The molecule has 0 saturated carbocycles. The number of hydrogen-bond donors (Lipinski definition) is 2. The normalized spacial score (nSPS) is 10.3. The zero-order valence-electron chi connectivity index (χ0n) is 15.6. The van der Waals surface area contributed by atoms with Gasteiger partial charge in [-0.2, -0.15) is 0 Å². The van der Waals surface area contributed by atoms with E-state index in [1.54, 1.807) is 24.4 Å². The second-order valence-electron chi connectivity index (χ2n) is 6.10. The molecule has 6 heteroatoms. The molecule has 6 nitrogen and oxygen atoms in total. The summed E-state index contributed by atoms with van der Waals surface area (Å²) in [6.07, 6.45) is 1.56. The summed E-state index contributed by atoms with van der Waals surface area (Å²) in [6.45, 7) is 6.63. The van der Waals surface area contributed by atoms with Gasteiger partial charge in [0.2, 0.25) is 5.95 Å². The van der Waals surface area contributed by atoms with Crippen LogP contribution in [-0.4, -0.2) is 22.5 Å². The molecule has 0 unspecified atom stereocenters. The molecule has 1 amide bonds. The summed E-state index contributed by atoms with van der Waals surface area (Å²) in [5, 5.41) is 5.96. The lowest BCUT2D eigenvalue weighted by Crippen LogP contribution is -2.14. The predicted molar refractivity (Wildman–Crippen MR) is 107 cm³/mol. The molecule has 0 aliphatic heterocycles. The third-order valence-electron chi connectivity index (χ3n) is 4.07. The molecule has 2 aromatic carbocycles. The average Bonchev–Trinajstić information content (AvgIpc) is 2.67. The van der Waals surface area contributed by atoms with Crippen LogP contribution in [0.4, 0.5) is 17.3 Å². The number of carbonyl (C=O) groups excluding carboxylic acids is 1. The lowest BCUT2D eigenvalue weighted by molar-refractivity contribution is 0.102. The molecule has 3 rings (SSSR count). The number of carbonyl (C=O) groups is 1. The first-order chi connectivity index (χ1) is 13.0. The van der Waals surface area contributed by atoms with E-state index in [1.165, 1.54) is 11.1 Å². The monoisotopic (exact) mass is 362 g/mol. The quantitative estimate of drug-likeness (QED) is 0.676. The molecule has 0 fully saturated rings. The fraction of sp³-hybridized carbons (Fsp3) is 0.190. The van der Waals surface area contributed by atoms with Crippen LogP contribution in [0.1, 0.15) is 28.5 Å². The van der Waals surface area contributed by atoms with Crippen molar-refractivity contribution in [2.75, 3.05) is 17.2 Å². The molecule has 27 heavy (non-hydrogen) atoms. The van der Waals surface area contributed by atoms with Gasteiger partial charge in [0.1, 0.15) is 11.4 Å². The van der Waals surface area contributed by atoms with Crippen LogP contribution < -0.4 is 15.4 Å². The third-order valence-corrected chi connectivity index (χ3v) is 4.07. The van der Waals surface area contributed by atoms with E-state index in [2.05, 4.69) is 27.5 Å². The van der Waals surface area contributed by atoms with E-state index in [0.29, 0.717) is 18.2 Å². The molecular weight excluding hydrogens is 340 g/mol. The second-order valence-corrected chi connectivity index (χ2v) is 6.10. The number of benzene rings is 2. The van der Waals surface area contributed by atoms with Gasteiger partial charge in [-0.05, 0) is 74.4 Å². The number of nitrogens with zero attached hydrogens (tertiary/aromatic N) is 2. The molecule has 2 N–H and O–H groups in total. The van der Waals surface area contributed by atoms with Crippen LogP contribution >= 0.6 is 0 Å². The van der Waals surface area contributed by atoms with E-state index in [-0.39, 0.29) is 11.6 Å². The zero-order chi connectivity index (χ0) is 19.2. The van der Waals surface area contributed by atoms with Crippen LogP contribution in [0.5, 0.6) is 5.75 Å². The van der Waals surface area contributed by atoms with Crippen molar-refractivity contribution >= 4 is 23.2 Å². The van der Waals surface area contributed by atoms with E-state index in [4.69, 9.17) is 4.74 Å². The van der Waals surface area contributed by atoms with E-state index < -0.39 is 0 Å². The first kappa shape index (κ1) is 18.4. The molecule has 0 saturated heterocycles. The Balaban J connectivity index is 1.70. The largest absolute Gasteiger partial charge is 0.494 e. The van der Waals surface area contributed by atoms with Crippen molar-refractivity contribution in [2.24, 2.45) is 0 Å². The smallest absolute Gasteiger partial charge is 0.274 e. The molecule has 138 valence electrons. The zero-order valence-corrected chi connectivity index (χ0v) is 15.6. The minimum atomic E-state index is -0.301. The third kappa shape index (κ3) is 4.82. The summed E-state index contributed by atoms with van der Waals surface area (Å²) in [4.78, 5) is 21.0. The Kier molecular flexibility index (Phi) is 5.66. The van der Waals surface area contributed by atoms with Crippen LogP contribution in [0.2, 0.25) is 0 Å². The molecule has 0 radical (unpaired) electrons. The Bertz CT molecular complexity index is 939. The van der Waals surface area contributed by atoms with Crippen molar-refractivity contribution < 1.29 is 9.53 Å². The van der Waals surface area contributed by atoms with Gasteiger partial charge in [0.25, 0.3) is 5.91 Å². The van der Waals surface area contributed by atoms with Crippen molar-refractivity contribution in [1.82, 2.24) is 9.97 Å². The van der Waals surface area contributed by atoms with Crippen LogP contribution in [0, 0.1) is 13.8 Å². The Morgan fingerprint density at radius 1 is 1.00 bits per heavy atom. The Morgan fingerprint density at radius 2 is 1.74 bits per heavy atom. The first-order valence-corrected chi connectivity index (χ1v) is 8.76. The van der Waals surface area contributed by atoms with Gasteiger partial charge in [0.15, 0.2) is 0 Å². The number of amides is 1. The summed E-state index contributed by atoms with van der Waals surface area (Å²) in [7, 11) is 0. The van der Waals surface area contributed by atoms with Crippen LogP contribution in [-0.2, 0) is 0 Å². The molecule has 0 atom stereocenters. The van der Waals surface area contributed by atoms with Crippen molar-refractivity contribution in [3.63, 3.8) is 0 Å². The summed E-state index contributed by atoms with van der Waals surface area (Å²) < 4.78 is 5.40. The van der Waals surface area contributed by atoms with Crippen LogP contribution in [0.15, 0.2) is 54.7 Å². The molecule has 3 aromatic rings. The lowest BCUT2D eigenvalue weighted by atomic mass is 10.1. The summed E-state index contributed by atoms with van der Waals surface area (Å²) in [5.41, 5.74) is 4.22. The van der Waals surface area contributed by atoms with Crippen molar-refractivity contribution in [3.05, 3.63) is 71.5 Å². The van der Waals surface area contributed by atoms with Gasteiger partial charge in [0.05, 0.1) is 6.61 Å². The number of aryl methyl sites for hydroxylation is 2. The number of hydrogen-bond acceptors (Lipinski definition) is 5. The van der Waals surface area contributed by atoms with Gasteiger partial charge < -0.3 is 15.4 Å². The van der Waals surface area contributed by atoms with Gasteiger partial charge in [-0.1, -0.05) is 6.07 Å². The Labute approximate surface area is 158 Å². The topological polar surface area (TPSA) is 76.1 Å². The van der Waals surface area contributed by atoms with Gasteiger partial charge >= 0.3 is 0 Å². The second kappa shape index (κ2) is 8.31. The van der Waals surface area contributed by atoms with Gasteiger partial charge in [-0.15, -0.1) is 0 Å². The fourth-order valence-electron chi connectivity index (χ4n) is 2.49. The molecule has 0 bridgehead atoms. The van der Waals surface area contributed by atoms with Crippen LogP contribution in [0.3, 0.4) is 0 Å². The van der Waals surface area contributed by atoms with Gasteiger partial charge in [-0.25, -0.2) is 9.97 Å². The number of anilines is 3. The highest BCUT2D eigenvalue weighted by Crippen LogP contribution is 2.18. The van der Waals surface area contributed by atoms with E-state index in [1.807, 2.05) is 44.2 Å². The highest BCUT2D eigenvalue weighted by atomic mass is 16.5. The number of ether oxygens (including phenoxy) is 1. The lowest BCUT2D eigenvalue weighted by Gasteiger charge is -2.09. The highest BCUT2D eigenvalue weighted by molar-refractivity contribution is 6.03. The molecule has 0 spiro atoms. The number of rotatable bonds is 6. The van der Waals surface area contributed by atoms with Crippen molar-refractivity contribution in [3.8, 4) is 5.75 Å². The number of aromatic nitrogens is 2. The minimum Gasteiger partial charge on any atom is -0.494 e. The van der Waals surface area contributed by atoms with Gasteiger partial charge in [-0.3, -0.25) is 4.79 Å². The van der Waals surface area contributed by atoms with E-state index >= 15 is 0 Å². The predicted octanol–water partition coefficient (Wildman–Crippen LogP) is 4.49. The molecule has 0 aliphatic carbocycles. The minimum absolute atomic E-state index is 0.283. The standard InChI is InChI=1S/C21H22N4O2/c1-4-27-18-9-7-16(8-10-18)23-20(26)19-11-12-22-21(25-19)24-17-6-5-14(2)15(3)13-17/h5-13H,4H2,1-3H3,(H,23,26)(H,22,24,25). The Hall–Kier alpha value is -3.41. The first-order valence-electron chi connectivity index (χ1n) is 8.76. The number of nitrogens with one attached hydrogen (secondary N) is 2. The molecule has 1 heterocycles. The van der Waals surface area contributed by atoms with Crippen LogP contribution in [0.25, 0.3) is 0 Å². The maximum absolute atomic E-state index is 12.5. The van der Waals surface area contributed by atoms with E-state index in [0.717, 1.165) is 11.4 Å². The average molecular weight is 362 g/mol. The highest BCUT2D eigenvalue weighted by Gasteiger charge is 2.10. The maximum atomic E-state index is 12.5. The SMILES string of the molecule is CCOc1ccc(NC(=O)c2ccnc(Nc3ccc(C)c(C)c3)n2)cc1. The Morgan fingerprint density at radius 3 is 2.44 bits per heavy atom. The molecule has 1 aromatic heterocycles.